The van der Waals surface area contributed by atoms with Crippen molar-refractivity contribution in [1.82, 2.24) is 0 Å². The fourth-order valence-corrected chi connectivity index (χ4v) is 4.25. The average molecular weight is 319 g/mol. The van der Waals surface area contributed by atoms with Gasteiger partial charge in [0.1, 0.15) is 0 Å². The van der Waals surface area contributed by atoms with E-state index >= 15 is 0 Å². The van der Waals surface area contributed by atoms with Crippen LogP contribution in [0.25, 0.3) is 0 Å². The molecule has 0 aliphatic rings. The van der Waals surface area contributed by atoms with Crippen LogP contribution in [0.5, 0.6) is 0 Å². The minimum atomic E-state index is -2.29. The molecule has 0 saturated carbocycles. The molecule has 0 saturated heterocycles. The summed E-state index contributed by atoms with van der Waals surface area (Å²) in [6.07, 6.45) is 0. The Bertz CT molecular complexity index is 583. The zero-order valence-electron chi connectivity index (χ0n) is 10.6. The van der Waals surface area contributed by atoms with Crippen molar-refractivity contribution in [2.75, 3.05) is 13.3 Å². The van der Waals surface area contributed by atoms with Crippen molar-refractivity contribution < 1.29 is 0 Å². The van der Waals surface area contributed by atoms with Gasteiger partial charge in [-0.25, -0.2) is 0 Å². The Morgan fingerprint density at radius 1 is 0.833 bits per heavy atom. The Balaban J connectivity index is 2.41. The second-order valence-electron chi connectivity index (χ2n) is 4.90. The van der Waals surface area contributed by atoms with Crippen LogP contribution in [0, 0.1) is 11.6 Å². The molecular formula is C16H16BrP. The van der Waals surface area contributed by atoms with Crippen LogP contribution in [0.3, 0.4) is 0 Å². The molecule has 0 unspecified atom stereocenters. The molecule has 2 aromatic carbocycles. The number of hydrogen-bond acceptors (Lipinski definition) is 0. The molecule has 0 radical (unpaired) electrons. The van der Waals surface area contributed by atoms with E-state index in [4.69, 9.17) is 0 Å². The van der Waals surface area contributed by atoms with Gasteiger partial charge in [0.15, 0.2) is 0 Å². The van der Waals surface area contributed by atoms with Crippen LogP contribution < -0.4 is 5.30 Å². The van der Waals surface area contributed by atoms with Gasteiger partial charge < -0.3 is 0 Å². The summed E-state index contributed by atoms with van der Waals surface area (Å²) in [6.45, 7) is 4.44. The molecule has 2 rings (SSSR count). The van der Waals surface area contributed by atoms with Crippen molar-refractivity contribution >= 4 is 26.1 Å². The van der Waals surface area contributed by atoms with E-state index in [9.17, 15) is 0 Å². The fraction of sp³-hybridized carbons (Fsp3) is 0.125. The number of rotatable bonds is 1. The van der Waals surface area contributed by atoms with Gasteiger partial charge in [-0.3, -0.25) is 0 Å². The second-order valence-corrected chi connectivity index (χ2v) is 15.9. The van der Waals surface area contributed by atoms with Crippen molar-refractivity contribution in [3.05, 3.63) is 66.2 Å². The molecule has 0 aliphatic heterocycles. The molecule has 0 spiro atoms. The molecule has 0 aromatic heterocycles. The Morgan fingerprint density at radius 2 is 1.33 bits per heavy atom. The van der Waals surface area contributed by atoms with E-state index in [1.54, 1.807) is 0 Å². The van der Waals surface area contributed by atoms with Crippen molar-refractivity contribution in [3.8, 4) is 11.6 Å². The van der Waals surface area contributed by atoms with Gasteiger partial charge in [0.2, 0.25) is 0 Å². The van der Waals surface area contributed by atoms with Crippen LogP contribution in [0.2, 0.25) is 0 Å². The van der Waals surface area contributed by atoms with E-state index < -0.39 is 5.31 Å². The van der Waals surface area contributed by atoms with Gasteiger partial charge in [-0.05, 0) is 0 Å². The molecule has 92 valence electrons. The van der Waals surface area contributed by atoms with Crippen LogP contribution in [0.1, 0.15) is 5.56 Å². The SMILES string of the molecule is CP(C)(Br)(C#Cc1ccccc1)c1ccccc1. The van der Waals surface area contributed by atoms with E-state index in [-0.39, 0.29) is 0 Å². The average Bonchev–Trinajstić information content (AvgIpc) is 2.39. The molecule has 0 atom stereocenters. The first-order valence-corrected chi connectivity index (χ1v) is 11.0. The molecule has 0 nitrogen and oxygen atoms in total. The number of benzene rings is 2. The van der Waals surface area contributed by atoms with Crippen molar-refractivity contribution in [1.29, 1.82) is 0 Å². The quantitative estimate of drug-likeness (QED) is 0.538. The summed E-state index contributed by atoms with van der Waals surface area (Å²) in [5.74, 6) is 3.29. The molecule has 0 fully saturated rings. The third-order valence-corrected chi connectivity index (χ3v) is 7.10. The summed E-state index contributed by atoms with van der Waals surface area (Å²) in [5, 5.41) is -1.00. The monoisotopic (exact) mass is 318 g/mol. The zero-order chi connectivity index (χ0) is 13.1. The summed E-state index contributed by atoms with van der Waals surface area (Å²) in [5.41, 5.74) is 4.53. The van der Waals surface area contributed by atoms with E-state index in [1.807, 2.05) is 36.4 Å². The molecule has 0 amide bonds. The van der Waals surface area contributed by atoms with E-state index in [2.05, 4.69) is 64.7 Å². The first kappa shape index (κ1) is 13.3. The molecule has 2 heteroatoms. The molecule has 0 aliphatic carbocycles. The molecule has 0 bridgehead atoms. The summed E-state index contributed by atoms with van der Waals surface area (Å²) in [7, 11) is 0. The van der Waals surface area contributed by atoms with Gasteiger partial charge in [-0.2, -0.15) is 0 Å². The van der Waals surface area contributed by atoms with Crippen LogP contribution in [-0.2, 0) is 0 Å². The van der Waals surface area contributed by atoms with E-state index in [0.29, 0.717) is 0 Å². The summed E-state index contributed by atoms with van der Waals surface area (Å²) < 4.78 is 0. The van der Waals surface area contributed by atoms with Gasteiger partial charge in [-0.1, -0.05) is 0 Å². The molecule has 2 aromatic rings. The Morgan fingerprint density at radius 3 is 1.89 bits per heavy atom. The van der Waals surface area contributed by atoms with Crippen molar-refractivity contribution in [2.24, 2.45) is 0 Å². The van der Waals surface area contributed by atoms with Gasteiger partial charge in [0.25, 0.3) is 0 Å². The second kappa shape index (κ2) is 4.88. The predicted octanol–water partition coefficient (Wildman–Crippen LogP) is 4.44. The van der Waals surface area contributed by atoms with Crippen LogP contribution in [-0.4, -0.2) is 13.3 Å². The fourth-order valence-electron chi connectivity index (χ4n) is 1.67. The number of hydrogen-bond donors (Lipinski definition) is 0. The molecule has 0 heterocycles. The van der Waals surface area contributed by atoms with Crippen LogP contribution >= 0.6 is 20.8 Å². The molecule has 0 N–H and O–H groups in total. The molecular weight excluding hydrogens is 303 g/mol. The summed E-state index contributed by atoms with van der Waals surface area (Å²) >= 11 is 3.91. The summed E-state index contributed by atoms with van der Waals surface area (Å²) in [6, 6.07) is 20.6. The number of halogens is 1. The topological polar surface area (TPSA) is 0 Å². The predicted molar refractivity (Wildman–Crippen MR) is 87.1 cm³/mol. The Kier molecular flexibility index (Phi) is 3.62. The molecule has 18 heavy (non-hydrogen) atoms. The van der Waals surface area contributed by atoms with Crippen molar-refractivity contribution in [2.45, 2.75) is 0 Å². The Hall–Kier alpha value is -1.09. The third-order valence-electron chi connectivity index (χ3n) is 2.80. The third kappa shape index (κ3) is 3.22. The van der Waals surface area contributed by atoms with E-state index in [0.717, 1.165) is 5.56 Å². The maximum atomic E-state index is 3.91. The summed E-state index contributed by atoms with van der Waals surface area (Å²) in [4.78, 5) is 0. The van der Waals surface area contributed by atoms with Gasteiger partial charge in [-0.15, -0.1) is 0 Å². The van der Waals surface area contributed by atoms with Crippen LogP contribution in [0.15, 0.2) is 60.7 Å². The van der Waals surface area contributed by atoms with Gasteiger partial charge >= 0.3 is 117 Å². The minimum absolute atomic E-state index is 1.06. The maximum absolute atomic E-state index is 3.91. The van der Waals surface area contributed by atoms with Gasteiger partial charge in [0, 0.05) is 0 Å². The Labute approximate surface area is 117 Å². The normalized spacial score (nSPS) is 12.9. The first-order chi connectivity index (χ1) is 8.46. The van der Waals surface area contributed by atoms with Crippen molar-refractivity contribution in [3.63, 3.8) is 0 Å². The van der Waals surface area contributed by atoms with Gasteiger partial charge in [0.05, 0.1) is 0 Å². The van der Waals surface area contributed by atoms with Crippen LogP contribution in [0.4, 0.5) is 0 Å². The first-order valence-electron chi connectivity index (χ1n) is 5.83. The standard InChI is InChI=1S/C16H16BrP/c1-18(2,17,16-11-7-4-8-12-16)14-13-15-9-5-3-6-10-15/h3-12H,1-2H3. The van der Waals surface area contributed by atoms with E-state index in [1.165, 1.54) is 5.30 Å². The zero-order valence-corrected chi connectivity index (χ0v) is 13.1.